The van der Waals surface area contributed by atoms with E-state index in [-0.39, 0.29) is 12.1 Å². The third kappa shape index (κ3) is 6.32. The van der Waals surface area contributed by atoms with Gasteiger partial charge in [0.15, 0.2) is 0 Å². The van der Waals surface area contributed by atoms with Gasteiger partial charge >= 0.3 is 12.1 Å². The first-order valence-electron chi connectivity index (χ1n) is 9.88. The first-order valence-corrected chi connectivity index (χ1v) is 9.88. The number of anilines is 2. The Hall–Kier alpha value is -2.44. The second kappa shape index (κ2) is 9.66. The van der Waals surface area contributed by atoms with E-state index in [0.717, 1.165) is 31.0 Å². The van der Waals surface area contributed by atoms with Crippen LogP contribution < -0.4 is 9.80 Å². The van der Waals surface area contributed by atoms with Gasteiger partial charge in [-0.05, 0) is 52.0 Å². The van der Waals surface area contributed by atoms with Crippen molar-refractivity contribution in [3.05, 3.63) is 24.3 Å². The van der Waals surface area contributed by atoms with E-state index in [1.165, 1.54) is 7.11 Å². The second-order valence-corrected chi connectivity index (χ2v) is 7.88. The van der Waals surface area contributed by atoms with Gasteiger partial charge in [-0.25, -0.2) is 4.79 Å². The minimum absolute atomic E-state index is 0.196. The molecule has 1 aliphatic rings. The largest absolute Gasteiger partial charge is 0.469 e. The molecule has 2 rings (SSSR count). The van der Waals surface area contributed by atoms with Gasteiger partial charge in [-0.2, -0.15) is 0 Å². The minimum Gasteiger partial charge on any atom is -0.469 e. The highest BCUT2D eigenvalue weighted by atomic mass is 16.6. The van der Waals surface area contributed by atoms with Gasteiger partial charge in [0, 0.05) is 50.6 Å². The SMILES string of the molecule is CCN(CCC(=O)OC)c1ccc(N2CCN(C(=O)OC(C)(C)C)CC2)cc1. The van der Waals surface area contributed by atoms with Gasteiger partial charge < -0.3 is 24.2 Å². The zero-order chi connectivity index (χ0) is 20.7. The quantitative estimate of drug-likeness (QED) is 0.695. The molecule has 1 aromatic carbocycles. The van der Waals surface area contributed by atoms with Crippen LogP contribution in [0.15, 0.2) is 24.3 Å². The fraction of sp³-hybridized carbons (Fsp3) is 0.619. The van der Waals surface area contributed by atoms with Crippen LogP contribution in [-0.2, 0) is 14.3 Å². The van der Waals surface area contributed by atoms with E-state index in [2.05, 4.69) is 41.0 Å². The number of amides is 1. The maximum Gasteiger partial charge on any atom is 0.410 e. The Morgan fingerprint density at radius 2 is 1.68 bits per heavy atom. The highest BCUT2D eigenvalue weighted by Crippen LogP contribution is 2.22. The summed E-state index contributed by atoms with van der Waals surface area (Å²) in [5.41, 5.74) is 1.75. The van der Waals surface area contributed by atoms with Crippen molar-refractivity contribution in [1.82, 2.24) is 4.90 Å². The van der Waals surface area contributed by atoms with Crippen molar-refractivity contribution in [1.29, 1.82) is 0 Å². The van der Waals surface area contributed by atoms with Gasteiger partial charge in [-0.1, -0.05) is 0 Å². The lowest BCUT2D eigenvalue weighted by molar-refractivity contribution is -0.140. The van der Waals surface area contributed by atoms with Crippen molar-refractivity contribution in [2.24, 2.45) is 0 Å². The number of benzene rings is 1. The average molecular weight is 392 g/mol. The Kier molecular flexibility index (Phi) is 7.54. The molecule has 7 nitrogen and oxygen atoms in total. The first kappa shape index (κ1) is 21.9. The summed E-state index contributed by atoms with van der Waals surface area (Å²) in [7, 11) is 1.41. The summed E-state index contributed by atoms with van der Waals surface area (Å²) in [5, 5.41) is 0. The number of methoxy groups -OCH3 is 1. The van der Waals surface area contributed by atoms with E-state index < -0.39 is 5.60 Å². The number of ether oxygens (including phenoxy) is 2. The summed E-state index contributed by atoms with van der Waals surface area (Å²) >= 11 is 0. The van der Waals surface area contributed by atoms with Crippen LogP contribution in [0.25, 0.3) is 0 Å². The van der Waals surface area contributed by atoms with Crippen LogP contribution in [0.1, 0.15) is 34.1 Å². The monoisotopic (exact) mass is 391 g/mol. The number of nitrogens with zero attached hydrogens (tertiary/aromatic N) is 3. The van der Waals surface area contributed by atoms with Crippen LogP contribution in [0.4, 0.5) is 16.2 Å². The number of carbonyl (C=O) groups excluding carboxylic acids is 2. The van der Waals surface area contributed by atoms with E-state index in [1.54, 1.807) is 4.90 Å². The van der Waals surface area contributed by atoms with Gasteiger partial charge in [-0.3, -0.25) is 4.79 Å². The van der Waals surface area contributed by atoms with Crippen LogP contribution >= 0.6 is 0 Å². The summed E-state index contributed by atoms with van der Waals surface area (Å²) in [5.74, 6) is -0.196. The molecule has 1 amide bonds. The van der Waals surface area contributed by atoms with E-state index in [0.29, 0.717) is 26.1 Å². The summed E-state index contributed by atoms with van der Waals surface area (Å²) in [6.07, 6.45) is 0.130. The zero-order valence-electron chi connectivity index (χ0n) is 17.7. The van der Waals surface area contributed by atoms with Crippen molar-refractivity contribution in [3.63, 3.8) is 0 Å². The van der Waals surface area contributed by atoms with E-state index in [4.69, 9.17) is 9.47 Å². The topological polar surface area (TPSA) is 62.3 Å². The van der Waals surface area contributed by atoms with E-state index >= 15 is 0 Å². The Morgan fingerprint density at radius 3 is 2.18 bits per heavy atom. The fourth-order valence-electron chi connectivity index (χ4n) is 3.15. The van der Waals surface area contributed by atoms with Gasteiger partial charge in [0.1, 0.15) is 5.60 Å². The third-order valence-electron chi connectivity index (χ3n) is 4.71. The normalized spacial score (nSPS) is 14.6. The molecule has 0 bridgehead atoms. The Labute approximate surface area is 168 Å². The molecule has 1 aromatic rings. The molecule has 28 heavy (non-hydrogen) atoms. The number of hydrogen-bond acceptors (Lipinski definition) is 6. The molecule has 1 aliphatic heterocycles. The van der Waals surface area contributed by atoms with Gasteiger partial charge in [0.05, 0.1) is 13.5 Å². The molecule has 0 aliphatic carbocycles. The first-order chi connectivity index (χ1) is 13.2. The molecule has 0 radical (unpaired) electrons. The van der Waals surface area contributed by atoms with Crippen LogP contribution in [0.5, 0.6) is 0 Å². The molecule has 1 saturated heterocycles. The smallest absolute Gasteiger partial charge is 0.410 e. The summed E-state index contributed by atoms with van der Waals surface area (Å²) in [6.45, 7) is 12.0. The lowest BCUT2D eigenvalue weighted by atomic mass is 10.2. The van der Waals surface area contributed by atoms with Gasteiger partial charge in [0.25, 0.3) is 0 Å². The Balaban J connectivity index is 1.90. The summed E-state index contributed by atoms with van der Waals surface area (Å²) in [4.78, 5) is 29.8. The van der Waals surface area contributed by atoms with Crippen molar-refractivity contribution in [3.8, 4) is 0 Å². The Morgan fingerprint density at radius 1 is 1.07 bits per heavy atom. The van der Waals surface area contributed by atoms with Crippen LogP contribution in [0.2, 0.25) is 0 Å². The van der Waals surface area contributed by atoms with Crippen molar-refractivity contribution in [2.45, 2.75) is 39.7 Å². The van der Waals surface area contributed by atoms with Crippen molar-refractivity contribution in [2.75, 3.05) is 56.2 Å². The maximum atomic E-state index is 12.2. The fourth-order valence-corrected chi connectivity index (χ4v) is 3.15. The lowest BCUT2D eigenvalue weighted by Crippen LogP contribution is -2.50. The van der Waals surface area contributed by atoms with E-state index in [9.17, 15) is 9.59 Å². The number of esters is 1. The third-order valence-corrected chi connectivity index (χ3v) is 4.71. The molecule has 156 valence electrons. The van der Waals surface area contributed by atoms with Crippen molar-refractivity contribution < 1.29 is 19.1 Å². The maximum absolute atomic E-state index is 12.2. The molecule has 1 heterocycles. The molecular weight excluding hydrogens is 358 g/mol. The number of rotatable bonds is 6. The standard InChI is InChI=1S/C21H33N3O4/c1-6-22(12-11-19(25)27-5)17-7-9-18(10-8-17)23-13-15-24(16-14-23)20(26)28-21(2,3)4/h7-10H,6,11-16H2,1-5H3. The highest BCUT2D eigenvalue weighted by molar-refractivity contribution is 5.70. The lowest BCUT2D eigenvalue weighted by Gasteiger charge is -2.37. The van der Waals surface area contributed by atoms with Crippen LogP contribution in [0.3, 0.4) is 0 Å². The summed E-state index contributed by atoms with van der Waals surface area (Å²) in [6, 6.07) is 8.35. The molecule has 0 spiro atoms. The van der Waals surface area contributed by atoms with E-state index in [1.807, 2.05) is 20.8 Å². The second-order valence-electron chi connectivity index (χ2n) is 7.88. The molecular formula is C21H33N3O4. The predicted molar refractivity (Wildman–Crippen MR) is 111 cm³/mol. The highest BCUT2D eigenvalue weighted by Gasteiger charge is 2.26. The number of carbonyl (C=O) groups is 2. The number of hydrogen-bond donors (Lipinski definition) is 0. The molecule has 0 saturated carbocycles. The molecule has 0 aromatic heterocycles. The average Bonchev–Trinajstić information content (AvgIpc) is 2.67. The summed E-state index contributed by atoms with van der Waals surface area (Å²) < 4.78 is 10.2. The molecule has 0 N–H and O–H groups in total. The van der Waals surface area contributed by atoms with Gasteiger partial charge in [-0.15, -0.1) is 0 Å². The van der Waals surface area contributed by atoms with Crippen LogP contribution in [0, 0.1) is 0 Å². The molecule has 0 unspecified atom stereocenters. The molecule has 0 atom stereocenters. The molecule has 1 fully saturated rings. The zero-order valence-corrected chi connectivity index (χ0v) is 17.7. The molecule has 7 heteroatoms. The van der Waals surface area contributed by atoms with Crippen molar-refractivity contribution >= 4 is 23.4 Å². The Bertz CT molecular complexity index is 647. The van der Waals surface area contributed by atoms with Crippen LogP contribution in [-0.4, -0.2) is 68.9 Å². The number of piperazine rings is 1. The predicted octanol–water partition coefficient (Wildman–Crippen LogP) is 3.13. The van der Waals surface area contributed by atoms with Gasteiger partial charge in [0.2, 0.25) is 0 Å². The minimum atomic E-state index is -0.469.